The number of anilines is 3. The van der Waals surface area contributed by atoms with Gasteiger partial charge in [0.25, 0.3) is 22.2 Å². The third kappa shape index (κ3) is 31.5. The Hall–Kier alpha value is -11.2. The predicted octanol–water partition coefficient (Wildman–Crippen LogP) is 11.6. The quantitative estimate of drug-likeness (QED) is 0.00576. The number of ether oxygens (including phenoxy) is 3. The summed E-state index contributed by atoms with van der Waals surface area (Å²) in [5.41, 5.74) is 7.03. The van der Waals surface area contributed by atoms with Gasteiger partial charge >= 0.3 is 70.6 Å². The molecule has 37 heteroatoms. The third-order valence-corrected chi connectivity index (χ3v) is 21.3. The number of aromatic amines is 5. The molecule has 14 rings (SSSR count). The number of aryl methyl sites for hydroxylation is 1. The SMILES string of the molecule is C.COC(=O)Nc1cc(C(Br)CCC2CC2)ccc1F.COC(=O)Nc1cc(C(CCC2CC2)n2ccc(=O)[nH]c2=O)ccc1F.Cc1cc(C(=O)Cc2cc(C(CCC3CC3)n3ccc(=O)[nH]c3=O)ccc2F)n(-c2cccc(CNC(=O)OC(C)(C)C)c2)n1.Cl.Nc1cc(C(CCC2CC2)n2ccc(=O)[nH]c2=O)ccc1F.O=c1cc[nH]c(=O)[nH]1.[Na+].[OH-]. The molecule has 4 aliphatic carbocycles. The van der Waals surface area contributed by atoms with Crippen LogP contribution in [0.5, 0.6) is 0 Å². The number of benzene rings is 5. The Morgan fingerprint density at radius 3 is 1.38 bits per heavy atom. The average Bonchev–Trinajstić information content (AvgIpc) is 1.49. The Kier molecular flexibility index (Phi) is 39.0. The molecule has 10 aromatic rings. The maximum Gasteiger partial charge on any atom is 1.00 e. The molecule has 5 aromatic heterocycles. The molecule has 4 saturated carbocycles. The number of nitrogens with one attached hydrogen (secondary N) is 8. The number of carbonyl (C=O) groups is 4. The molecule has 0 spiro atoms. The summed E-state index contributed by atoms with van der Waals surface area (Å²) >= 11 is 3.62. The number of nitrogens with two attached hydrogens (primary N) is 1. The molecule has 5 heterocycles. The van der Waals surface area contributed by atoms with E-state index in [0.717, 1.165) is 67.6 Å². The summed E-state index contributed by atoms with van der Waals surface area (Å²) in [5.74, 6) is 0.418. The summed E-state index contributed by atoms with van der Waals surface area (Å²) < 4.78 is 76.3. The van der Waals surface area contributed by atoms with Gasteiger partial charge in [-0.3, -0.25) is 68.2 Å². The van der Waals surface area contributed by atoms with Crippen molar-refractivity contribution in [1.29, 1.82) is 0 Å². The molecule has 30 nitrogen and oxygen atoms in total. The maximum atomic E-state index is 15.2. The molecule has 4 aliphatic rings. The minimum Gasteiger partial charge on any atom is -0.870 e. The number of amides is 3. The van der Waals surface area contributed by atoms with Crippen LogP contribution in [0.25, 0.3) is 5.69 Å². The number of methoxy groups -OCH3 is 2. The van der Waals surface area contributed by atoms with Gasteiger partial charge in [0.15, 0.2) is 5.78 Å². The molecule has 0 aliphatic heterocycles. The minimum atomic E-state index is -0.781. The van der Waals surface area contributed by atoms with Crippen LogP contribution in [0.4, 0.5) is 49.0 Å². The van der Waals surface area contributed by atoms with Crippen molar-refractivity contribution in [2.45, 2.75) is 179 Å². The number of Topliss-reactive ketones (excluding diaryl/α,β-unsaturated/α-hetero) is 1. The molecule has 0 saturated heterocycles. The smallest absolute Gasteiger partial charge is 0.870 e. The van der Waals surface area contributed by atoms with Gasteiger partial charge in [-0.05, 0) is 197 Å². The van der Waals surface area contributed by atoms with Gasteiger partial charge in [-0.1, -0.05) is 117 Å². The van der Waals surface area contributed by atoms with E-state index >= 15 is 4.39 Å². The summed E-state index contributed by atoms with van der Waals surface area (Å²) in [6.45, 7) is 7.35. The van der Waals surface area contributed by atoms with E-state index in [1.807, 2.05) is 17.1 Å². The Morgan fingerprint density at radius 1 is 0.540 bits per heavy atom. The maximum absolute atomic E-state index is 15.2. The van der Waals surface area contributed by atoms with E-state index in [0.29, 0.717) is 53.1 Å². The number of carbonyl (C=O) groups excluding carboxylic acids is 4. The van der Waals surface area contributed by atoms with E-state index in [9.17, 15) is 70.7 Å². The number of hydrogen-bond donors (Lipinski definition) is 9. The van der Waals surface area contributed by atoms with Crippen molar-refractivity contribution in [1.82, 2.24) is 53.7 Å². The normalized spacial score (nSPS) is 13.9. The number of halogens is 6. The number of nitrogens with zero attached hydrogens (tertiary/aromatic N) is 5. The van der Waals surface area contributed by atoms with Crippen LogP contribution < -0.4 is 96.2 Å². The molecule has 4 atom stereocenters. The number of alkyl halides is 1. The Bertz CT molecular complexity index is 5770. The van der Waals surface area contributed by atoms with Crippen LogP contribution in [0.3, 0.4) is 0 Å². The van der Waals surface area contributed by atoms with Crippen molar-refractivity contribution in [3.8, 4) is 5.69 Å². The van der Waals surface area contributed by atoms with Crippen LogP contribution in [0, 0.1) is 53.9 Å². The van der Waals surface area contributed by atoms with E-state index in [4.69, 9.17) is 10.5 Å². The zero-order valence-electron chi connectivity index (χ0n) is 69.0. The predicted molar refractivity (Wildman–Crippen MR) is 463 cm³/mol. The molecule has 4 fully saturated rings. The van der Waals surface area contributed by atoms with Crippen molar-refractivity contribution in [2.75, 3.05) is 30.6 Å². The molecule has 0 bridgehead atoms. The fourth-order valence-corrected chi connectivity index (χ4v) is 13.9. The summed E-state index contributed by atoms with van der Waals surface area (Å²) in [6, 6.07) is 31.2. The van der Waals surface area contributed by atoms with Crippen molar-refractivity contribution in [3.63, 3.8) is 0 Å². The van der Waals surface area contributed by atoms with Gasteiger partial charge in [0.2, 0.25) is 0 Å². The number of aromatic nitrogens is 10. The number of hydrogen-bond acceptors (Lipinski definition) is 18. The minimum absolute atomic E-state index is 0. The summed E-state index contributed by atoms with van der Waals surface area (Å²) in [6.07, 6.45) is 20.3. The molecule has 4 unspecified atom stereocenters. The Balaban J connectivity index is 0.000000258. The number of nitrogen functional groups attached to an aromatic ring is 1. The summed E-state index contributed by atoms with van der Waals surface area (Å²) in [4.78, 5) is 151. The van der Waals surface area contributed by atoms with Crippen molar-refractivity contribution >= 4 is 69.5 Å². The van der Waals surface area contributed by atoms with Crippen LogP contribution in [-0.2, 0) is 27.2 Å². The van der Waals surface area contributed by atoms with Crippen molar-refractivity contribution < 1.29 is 86.0 Å². The second-order valence-electron chi connectivity index (χ2n) is 31.0. The molecule has 11 N–H and O–H groups in total. The first kappa shape index (κ1) is 102. The van der Waals surface area contributed by atoms with Gasteiger partial charge in [0.05, 0.1) is 60.8 Å². The molecule has 0 radical (unpaired) electrons. The first-order chi connectivity index (χ1) is 57.3. The first-order valence-corrected chi connectivity index (χ1v) is 40.3. The monoisotopic (exact) mass is 1810 g/mol. The van der Waals surface area contributed by atoms with Crippen LogP contribution in [0.15, 0.2) is 191 Å². The first-order valence-electron chi connectivity index (χ1n) is 39.4. The fraction of sp³-hybridized carbons (Fsp3) is 0.391. The third-order valence-electron chi connectivity index (χ3n) is 20.3. The number of H-pyrrole nitrogens is 5. The van der Waals surface area contributed by atoms with Crippen LogP contribution in [0.1, 0.15) is 203 Å². The number of rotatable bonds is 27. The molecule has 660 valence electrons. The van der Waals surface area contributed by atoms with Gasteiger partial charge < -0.3 is 35.7 Å². The summed E-state index contributed by atoms with van der Waals surface area (Å²) in [7, 11) is 2.44. The van der Waals surface area contributed by atoms with Crippen LogP contribution in [0.2, 0.25) is 0 Å². The fourth-order valence-electron chi connectivity index (χ4n) is 13.3. The molecule has 124 heavy (non-hydrogen) atoms. The van der Waals surface area contributed by atoms with E-state index < -0.39 is 92.6 Å². The zero-order valence-corrected chi connectivity index (χ0v) is 73.4. The number of alkyl carbamates (subject to hydrolysis) is 1. The van der Waals surface area contributed by atoms with Crippen LogP contribution in [-0.4, -0.2) is 97.8 Å². The molecule has 3 amide bonds. The Labute approximate surface area is 747 Å². The van der Waals surface area contributed by atoms with Gasteiger partial charge in [-0.15, -0.1) is 12.4 Å². The molecule has 5 aromatic carbocycles. The van der Waals surface area contributed by atoms with Crippen LogP contribution >= 0.6 is 28.3 Å². The van der Waals surface area contributed by atoms with E-state index in [1.54, 1.807) is 88.4 Å². The van der Waals surface area contributed by atoms with E-state index in [2.05, 4.69) is 66.4 Å². The zero-order chi connectivity index (χ0) is 86.5. The van der Waals surface area contributed by atoms with Gasteiger partial charge in [-0.25, -0.2) is 55.8 Å². The van der Waals surface area contributed by atoms with Gasteiger partial charge in [-0.2, -0.15) is 5.10 Å². The van der Waals surface area contributed by atoms with Gasteiger partial charge in [0.1, 0.15) is 34.6 Å². The standard InChI is InChI=1S/C34H38FN5O5.C18H20FN3O4.C16H18FN3O2.C14H17BrFNO2.C4H4N2O2.CH4.ClH.Na.H2O/c1-21-16-29(40(38-21)26-7-5-6-23(17-26)20-36-33(44)45-34(2,3)4)30(41)19-25-18-24(11-12-27(25)35)28(13-10-22-8-9-22)39-15-14-31(42)37-32(39)43;1-26-18(25)20-14-10-12(5-6-13(14)19)15(7-4-11-2-3-11)22-9-8-16(23)21-17(22)24;17-12-5-4-11(9-13(12)18)14(6-3-10-1-2-10)20-8-7-15(21)19-16(20)22;1-19-14(18)17-13-8-10(5-7-12(13)16)11(15)6-4-9-2-3-9;7-3-1-2-5-4(8)6-3;;;;/h5-7,11-12,14-18,22,28H,8-10,13,19-20H2,1-4H3,(H,36,44)(H,37,42,43);5-6,8-11,15H,2-4,7H2,1H3,(H,20,25)(H,21,23,24);4-5,7-10,14H,1-3,6,18H2,(H,19,21,22);5,7-9,11H,2-4,6H2,1H3,(H,17,18);1-2H,(H2,5,6,7,8);1H4;1H;;1H2/q;;;;;;;+1;/p-1. The second kappa shape index (κ2) is 47.6. The largest absolute Gasteiger partial charge is 1.00 e. The van der Waals surface area contributed by atoms with E-state index in [1.165, 1.54) is 157 Å². The Morgan fingerprint density at radius 2 is 0.960 bits per heavy atom. The molecular formula is C87H103BrClF4N14NaO16. The second-order valence-corrected chi connectivity index (χ2v) is 32.1. The average molecular weight is 1820 g/mol. The molecular weight excluding hydrogens is 1710 g/mol. The summed E-state index contributed by atoms with van der Waals surface area (Å²) in [5, 5.41) is 12.0. The topological polar surface area (TPSA) is 436 Å². The number of ketones is 1. The van der Waals surface area contributed by atoms with E-state index in [-0.39, 0.29) is 124 Å². The van der Waals surface area contributed by atoms with Crippen molar-refractivity contribution in [3.05, 3.63) is 304 Å². The van der Waals surface area contributed by atoms with Gasteiger partial charge in [0, 0.05) is 66.8 Å². The van der Waals surface area contributed by atoms with Crippen molar-refractivity contribution in [2.24, 2.45) is 23.7 Å².